The lowest BCUT2D eigenvalue weighted by Gasteiger charge is -2.13. The SMILES string of the molecule is COCOc1ccc(OC)cc1CC(C)C. The Hall–Kier alpha value is -1.22. The number of ether oxygens (including phenoxy) is 3. The van der Waals surface area contributed by atoms with Gasteiger partial charge in [0, 0.05) is 7.11 Å². The largest absolute Gasteiger partial charge is 0.497 e. The van der Waals surface area contributed by atoms with Crippen LogP contribution in [0.5, 0.6) is 11.5 Å². The Kier molecular flexibility index (Phi) is 5.12. The lowest BCUT2D eigenvalue weighted by Crippen LogP contribution is -2.04. The van der Waals surface area contributed by atoms with Gasteiger partial charge in [0.25, 0.3) is 0 Å². The van der Waals surface area contributed by atoms with Crippen LogP contribution in [0.3, 0.4) is 0 Å². The van der Waals surface area contributed by atoms with Gasteiger partial charge in [-0.3, -0.25) is 0 Å². The first-order valence-corrected chi connectivity index (χ1v) is 5.46. The number of hydrogen-bond acceptors (Lipinski definition) is 3. The van der Waals surface area contributed by atoms with Crippen LogP contribution in [0.2, 0.25) is 0 Å². The summed E-state index contributed by atoms with van der Waals surface area (Å²) in [7, 11) is 3.29. The topological polar surface area (TPSA) is 27.7 Å². The van der Waals surface area contributed by atoms with Gasteiger partial charge in [-0.25, -0.2) is 0 Å². The Morgan fingerprint density at radius 1 is 1.19 bits per heavy atom. The molecule has 0 radical (unpaired) electrons. The van der Waals surface area contributed by atoms with Crippen molar-refractivity contribution in [2.24, 2.45) is 5.92 Å². The van der Waals surface area contributed by atoms with Crippen molar-refractivity contribution in [3.8, 4) is 11.5 Å². The third-order valence-corrected chi connectivity index (χ3v) is 2.23. The highest BCUT2D eigenvalue weighted by Crippen LogP contribution is 2.26. The van der Waals surface area contributed by atoms with Crippen LogP contribution in [0, 0.1) is 5.92 Å². The maximum atomic E-state index is 5.51. The van der Waals surface area contributed by atoms with Gasteiger partial charge in [0.05, 0.1) is 7.11 Å². The molecule has 0 saturated heterocycles. The van der Waals surface area contributed by atoms with Gasteiger partial charge in [-0.05, 0) is 36.1 Å². The van der Waals surface area contributed by atoms with E-state index in [9.17, 15) is 0 Å². The van der Waals surface area contributed by atoms with Gasteiger partial charge in [0.15, 0.2) is 6.79 Å². The van der Waals surface area contributed by atoms with E-state index in [0.29, 0.717) is 5.92 Å². The van der Waals surface area contributed by atoms with Crippen molar-refractivity contribution in [1.82, 2.24) is 0 Å². The highest BCUT2D eigenvalue weighted by Gasteiger charge is 2.07. The lowest BCUT2D eigenvalue weighted by atomic mass is 10.0. The standard InChI is InChI=1S/C13H20O3/c1-10(2)7-11-8-12(15-4)5-6-13(11)16-9-14-3/h5-6,8,10H,7,9H2,1-4H3. The molecule has 0 spiro atoms. The Morgan fingerprint density at radius 3 is 2.50 bits per heavy atom. The molecule has 1 aromatic carbocycles. The quantitative estimate of drug-likeness (QED) is 0.695. The second kappa shape index (κ2) is 6.38. The summed E-state index contributed by atoms with van der Waals surface area (Å²) < 4.78 is 15.6. The summed E-state index contributed by atoms with van der Waals surface area (Å²) in [4.78, 5) is 0. The predicted molar refractivity (Wildman–Crippen MR) is 64.0 cm³/mol. The molecule has 3 nitrogen and oxygen atoms in total. The van der Waals surface area contributed by atoms with Gasteiger partial charge < -0.3 is 14.2 Å². The molecule has 0 amide bonds. The Labute approximate surface area is 97.3 Å². The normalized spacial score (nSPS) is 10.6. The van der Waals surface area contributed by atoms with E-state index < -0.39 is 0 Å². The Morgan fingerprint density at radius 2 is 1.94 bits per heavy atom. The zero-order valence-corrected chi connectivity index (χ0v) is 10.4. The number of benzene rings is 1. The molecule has 0 aliphatic heterocycles. The van der Waals surface area contributed by atoms with Crippen molar-refractivity contribution >= 4 is 0 Å². The third-order valence-electron chi connectivity index (χ3n) is 2.23. The molecule has 0 fully saturated rings. The first kappa shape index (κ1) is 12.8. The number of hydrogen-bond donors (Lipinski definition) is 0. The minimum atomic E-state index is 0.275. The van der Waals surface area contributed by atoms with E-state index in [1.165, 1.54) is 0 Å². The molecule has 0 aliphatic carbocycles. The van der Waals surface area contributed by atoms with Crippen molar-refractivity contribution in [2.75, 3.05) is 21.0 Å². The zero-order valence-electron chi connectivity index (χ0n) is 10.4. The maximum Gasteiger partial charge on any atom is 0.188 e. The van der Waals surface area contributed by atoms with Crippen molar-refractivity contribution in [1.29, 1.82) is 0 Å². The summed E-state index contributed by atoms with van der Waals surface area (Å²) in [5.74, 6) is 2.31. The summed E-state index contributed by atoms with van der Waals surface area (Å²) in [6, 6.07) is 5.84. The highest BCUT2D eigenvalue weighted by molar-refractivity contribution is 5.40. The van der Waals surface area contributed by atoms with Crippen molar-refractivity contribution in [3.63, 3.8) is 0 Å². The monoisotopic (exact) mass is 224 g/mol. The molecular formula is C13H20O3. The van der Waals surface area contributed by atoms with Gasteiger partial charge in [-0.2, -0.15) is 0 Å². The minimum absolute atomic E-state index is 0.275. The number of rotatable bonds is 6. The van der Waals surface area contributed by atoms with Crippen LogP contribution in [0.25, 0.3) is 0 Å². The molecule has 0 unspecified atom stereocenters. The molecule has 1 rings (SSSR count). The van der Waals surface area contributed by atoms with Crippen LogP contribution in [-0.2, 0) is 11.2 Å². The van der Waals surface area contributed by atoms with Crippen molar-refractivity contribution in [3.05, 3.63) is 23.8 Å². The smallest absolute Gasteiger partial charge is 0.188 e. The minimum Gasteiger partial charge on any atom is -0.497 e. The van der Waals surface area contributed by atoms with Gasteiger partial charge >= 0.3 is 0 Å². The number of methoxy groups -OCH3 is 2. The van der Waals surface area contributed by atoms with E-state index >= 15 is 0 Å². The lowest BCUT2D eigenvalue weighted by molar-refractivity contribution is 0.0503. The molecule has 1 aromatic rings. The van der Waals surface area contributed by atoms with E-state index in [0.717, 1.165) is 23.5 Å². The average molecular weight is 224 g/mol. The van der Waals surface area contributed by atoms with E-state index in [-0.39, 0.29) is 6.79 Å². The first-order chi connectivity index (χ1) is 7.67. The molecule has 0 aromatic heterocycles. The van der Waals surface area contributed by atoms with E-state index in [1.54, 1.807) is 14.2 Å². The summed E-state index contributed by atoms with van der Waals surface area (Å²) in [5.41, 5.74) is 1.16. The third kappa shape index (κ3) is 3.74. The summed E-state index contributed by atoms with van der Waals surface area (Å²) in [6.07, 6.45) is 0.968. The fraction of sp³-hybridized carbons (Fsp3) is 0.538. The molecule has 0 bridgehead atoms. The van der Waals surface area contributed by atoms with Crippen molar-refractivity contribution in [2.45, 2.75) is 20.3 Å². The van der Waals surface area contributed by atoms with Crippen LogP contribution in [0.4, 0.5) is 0 Å². The van der Waals surface area contributed by atoms with Crippen LogP contribution in [0.15, 0.2) is 18.2 Å². The van der Waals surface area contributed by atoms with Gasteiger partial charge in [0.1, 0.15) is 11.5 Å². The Bertz CT molecular complexity index is 321. The van der Waals surface area contributed by atoms with Gasteiger partial charge in [0.2, 0.25) is 0 Å². The summed E-state index contributed by atoms with van der Waals surface area (Å²) in [6.45, 7) is 4.64. The first-order valence-electron chi connectivity index (χ1n) is 5.46. The van der Waals surface area contributed by atoms with Crippen LogP contribution < -0.4 is 9.47 Å². The maximum absolute atomic E-state index is 5.51. The molecule has 0 aliphatic rings. The summed E-state index contributed by atoms with van der Waals surface area (Å²) in [5, 5.41) is 0. The molecule has 0 heterocycles. The van der Waals surface area contributed by atoms with Gasteiger partial charge in [-0.1, -0.05) is 13.8 Å². The highest BCUT2D eigenvalue weighted by atomic mass is 16.7. The van der Waals surface area contributed by atoms with Crippen LogP contribution >= 0.6 is 0 Å². The predicted octanol–water partition coefficient (Wildman–Crippen LogP) is 2.88. The van der Waals surface area contributed by atoms with E-state index in [2.05, 4.69) is 13.8 Å². The van der Waals surface area contributed by atoms with Crippen LogP contribution in [-0.4, -0.2) is 21.0 Å². The average Bonchev–Trinajstić information content (AvgIpc) is 2.26. The molecule has 3 heteroatoms. The second-order valence-electron chi connectivity index (χ2n) is 4.12. The van der Waals surface area contributed by atoms with Crippen LogP contribution in [0.1, 0.15) is 19.4 Å². The second-order valence-corrected chi connectivity index (χ2v) is 4.12. The van der Waals surface area contributed by atoms with Crippen molar-refractivity contribution < 1.29 is 14.2 Å². The fourth-order valence-electron chi connectivity index (χ4n) is 1.55. The molecule has 16 heavy (non-hydrogen) atoms. The molecule has 90 valence electrons. The zero-order chi connectivity index (χ0) is 12.0. The molecule has 0 saturated carbocycles. The molecular weight excluding hydrogens is 204 g/mol. The van der Waals surface area contributed by atoms with E-state index in [4.69, 9.17) is 14.2 Å². The Balaban J connectivity index is 2.87. The summed E-state index contributed by atoms with van der Waals surface area (Å²) >= 11 is 0. The molecule has 0 atom stereocenters. The van der Waals surface area contributed by atoms with E-state index in [1.807, 2.05) is 18.2 Å². The van der Waals surface area contributed by atoms with Gasteiger partial charge in [-0.15, -0.1) is 0 Å². The fourth-order valence-corrected chi connectivity index (χ4v) is 1.55. The molecule has 0 N–H and O–H groups in total.